The van der Waals surface area contributed by atoms with Crippen LogP contribution in [0.3, 0.4) is 0 Å². The number of para-hydroxylation sites is 1. The van der Waals surface area contributed by atoms with Gasteiger partial charge in [-0.3, -0.25) is 4.79 Å². The number of carbonyl (C=O) groups is 1. The Balaban J connectivity index is 2.31. The molecule has 1 aromatic carbocycles. The van der Waals surface area contributed by atoms with Gasteiger partial charge in [-0.25, -0.2) is 5.43 Å². The van der Waals surface area contributed by atoms with E-state index < -0.39 is 0 Å². The lowest BCUT2D eigenvalue weighted by atomic mass is 10.1. The van der Waals surface area contributed by atoms with E-state index in [1.54, 1.807) is 18.2 Å². The molecular weight excluding hydrogens is 288 g/mol. The number of benzene rings is 1. The van der Waals surface area contributed by atoms with E-state index in [4.69, 9.17) is 0 Å². The summed E-state index contributed by atoms with van der Waals surface area (Å²) >= 11 is 0. The van der Waals surface area contributed by atoms with Crippen LogP contribution in [0.4, 0.5) is 0 Å². The Bertz CT molecular complexity index is 498. The van der Waals surface area contributed by atoms with Crippen molar-refractivity contribution in [3.8, 4) is 5.75 Å². The second-order valence-electron chi connectivity index (χ2n) is 5.84. The van der Waals surface area contributed by atoms with Crippen LogP contribution in [-0.4, -0.2) is 16.7 Å². The summed E-state index contributed by atoms with van der Waals surface area (Å²) in [6.45, 7) is 4.17. The molecule has 0 saturated heterocycles. The van der Waals surface area contributed by atoms with Crippen molar-refractivity contribution >= 4 is 11.6 Å². The zero-order chi connectivity index (χ0) is 16.9. The highest BCUT2D eigenvalue weighted by Gasteiger charge is 2.07. The van der Waals surface area contributed by atoms with Gasteiger partial charge >= 0.3 is 0 Å². The quantitative estimate of drug-likeness (QED) is 0.351. The first-order valence-electron chi connectivity index (χ1n) is 8.82. The van der Waals surface area contributed by atoms with Crippen molar-refractivity contribution in [3.05, 3.63) is 29.8 Å². The maximum atomic E-state index is 11.8. The van der Waals surface area contributed by atoms with Gasteiger partial charge in [-0.2, -0.15) is 5.10 Å². The van der Waals surface area contributed by atoms with E-state index in [9.17, 15) is 9.90 Å². The van der Waals surface area contributed by atoms with Crippen LogP contribution in [0, 0.1) is 0 Å². The summed E-state index contributed by atoms with van der Waals surface area (Å²) in [5, 5.41) is 14.0. The van der Waals surface area contributed by atoms with Gasteiger partial charge in [-0.05, 0) is 25.0 Å². The molecule has 0 aliphatic carbocycles. The van der Waals surface area contributed by atoms with Crippen LogP contribution in [-0.2, 0) is 4.79 Å². The van der Waals surface area contributed by atoms with Crippen LogP contribution in [0.2, 0.25) is 0 Å². The summed E-state index contributed by atoms with van der Waals surface area (Å²) < 4.78 is 0. The summed E-state index contributed by atoms with van der Waals surface area (Å²) in [4.78, 5) is 11.8. The second kappa shape index (κ2) is 11.7. The number of hydrogen-bond acceptors (Lipinski definition) is 3. The molecule has 0 atom stereocenters. The normalized spacial score (nSPS) is 11.5. The number of nitrogens with one attached hydrogen (secondary N) is 1. The Hall–Kier alpha value is -1.84. The molecule has 0 aliphatic heterocycles. The first kappa shape index (κ1) is 19.2. The molecule has 0 aliphatic rings. The molecule has 1 aromatic rings. The topological polar surface area (TPSA) is 61.7 Å². The van der Waals surface area contributed by atoms with Gasteiger partial charge in [0, 0.05) is 12.0 Å². The molecule has 0 unspecified atom stereocenters. The minimum atomic E-state index is -0.0556. The zero-order valence-electron chi connectivity index (χ0n) is 14.5. The van der Waals surface area contributed by atoms with Crippen LogP contribution in [0.15, 0.2) is 29.4 Å². The van der Waals surface area contributed by atoms with E-state index in [1.807, 2.05) is 13.0 Å². The number of rotatable bonds is 11. The molecule has 0 aromatic heterocycles. The lowest BCUT2D eigenvalue weighted by molar-refractivity contribution is -0.121. The first-order chi connectivity index (χ1) is 11.2. The minimum Gasteiger partial charge on any atom is -0.507 e. The lowest BCUT2D eigenvalue weighted by Crippen LogP contribution is -2.19. The SMILES string of the molecule is CCCCCCCCCC(=O)NN=C(CC)c1ccccc1O. The number of nitrogens with zero attached hydrogens (tertiary/aromatic N) is 1. The van der Waals surface area contributed by atoms with Crippen molar-refractivity contribution in [2.24, 2.45) is 5.10 Å². The van der Waals surface area contributed by atoms with Gasteiger partial charge in [0.25, 0.3) is 0 Å². The maximum absolute atomic E-state index is 11.8. The van der Waals surface area contributed by atoms with Crippen molar-refractivity contribution < 1.29 is 9.90 Å². The van der Waals surface area contributed by atoms with Gasteiger partial charge in [0.2, 0.25) is 5.91 Å². The van der Waals surface area contributed by atoms with Crippen molar-refractivity contribution in [1.29, 1.82) is 0 Å². The Kier molecular flexibility index (Phi) is 9.76. The largest absolute Gasteiger partial charge is 0.507 e. The number of phenolic OH excluding ortho intramolecular Hbond substituents is 1. The van der Waals surface area contributed by atoms with Crippen LogP contribution in [0.1, 0.15) is 77.2 Å². The molecule has 128 valence electrons. The van der Waals surface area contributed by atoms with Crippen LogP contribution in [0.5, 0.6) is 5.75 Å². The average molecular weight is 318 g/mol. The van der Waals surface area contributed by atoms with E-state index in [2.05, 4.69) is 17.5 Å². The van der Waals surface area contributed by atoms with E-state index in [0.717, 1.165) is 12.8 Å². The smallest absolute Gasteiger partial charge is 0.240 e. The molecule has 1 rings (SSSR count). The molecular formula is C19H30N2O2. The van der Waals surface area contributed by atoms with Gasteiger partial charge in [0.1, 0.15) is 5.75 Å². The molecule has 1 amide bonds. The number of unbranched alkanes of at least 4 members (excludes halogenated alkanes) is 6. The summed E-state index contributed by atoms with van der Waals surface area (Å²) in [6.07, 6.45) is 9.50. The van der Waals surface area contributed by atoms with E-state index in [-0.39, 0.29) is 11.7 Å². The minimum absolute atomic E-state index is 0.0556. The third kappa shape index (κ3) is 7.82. The molecule has 0 saturated carbocycles. The summed E-state index contributed by atoms with van der Waals surface area (Å²) in [5.41, 5.74) is 3.97. The number of hydrogen-bond donors (Lipinski definition) is 2. The number of amides is 1. The molecule has 4 heteroatoms. The fraction of sp³-hybridized carbons (Fsp3) is 0.579. The average Bonchev–Trinajstić information content (AvgIpc) is 2.56. The van der Waals surface area contributed by atoms with Crippen molar-refractivity contribution in [2.45, 2.75) is 71.6 Å². The van der Waals surface area contributed by atoms with Gasteiger partial charge in [0.05, 0.1) is 5.71 Å². The summed E-state index contributed by atoms with van der Waals surface area (Å²) in [7, 11) is 0. The Morgan fingerprint density at radius 3 is 2.35 bits per heavy atom. The highest BCUT2D eigenvalue weighted by Crippen LogP contribution is 2.17. The van der Waals surface area contributed by atoms with Gasteiger partial charge < -0.3 is 5.11 Å². The predicted molar refractivity (Wildman–Crippen MR) is 95.7 cm³/mol. The van der Waals surface area contributed by atoms with Crippen molar-refractivity contribution in [2.75, 3.05) is 0 Å². The molecule has 0 radical (unpaired) electrons. The standard InChI is InChI=1S/C19H30N2O2/c1-3-5-6-7-8-9-10-15-19(23)21-20-17(4-2)16-13-11-12-14-18(16)22/h11-14,22H,3-10,15H2,1-2H3,(H,21,23). The monoisotopic (exact) mass is 318 g/mol. The summed E-state index contributed by atoms with van der Waals surface area (Å²) in [6, 6.07) is 7.05. The van der Waals surface area contributed by atoms with Gasteiger partial charge in [-0.15, -0.1) is 0 Å². The Morgan fingerprint density at radius 1 is 1.04 bits per heavy atom. The Morgan fingerprint density at radius 2 is 1.70 bits per heavy atom. The van der Waals surface area contributed by atoms with E-state index in [1.165, 1.54) is 32.1 Å². The van der Waals surface area contributed by atoms with Crippen LogP contribution in [0.25, 0.3) is 0 Å². The number of hydrazone groups is 1. The van der Waals surface area contributed by atoms with E-state index in [0.29, 0.717) is 24.1 Å². The fourth-order valence-electron chi connectivity index (χ4n) is 2.48. The highest BCUT2D eigenvalue weighted by molar-refractivity contribution is 6.03. The van der Waals surface area contributed by atoms with Crippen molar-refractivity contribution in [1.82, 2.24) is 5.43 Å². The molecule has 0 spiro atoms. The Labute approximate surface area is 140 Å². The zero-order valence-corrected chi connectivity index (χ0v) is 14.5. The third-order valence-corrected chi connectivity index (χ3v) is 3.87. The number of phenols is 1. The van der Waals surface area contributed by atoms with Crippen molar-refractivity contribution in [3.63, 3.8) is 0 Å². The summed E-state index contributed by atoms with van der Waals surface area (Å²) in [5.74, 6) is 0.134. The van der Waals surface area contributed by atoms with Crippen LogP contribution >= 0.6 is 0 Å². The molecule has 4 nitrogen and oxygen atoms in total. The predicted octanol–water partition coefficient (Wildman–Crippen LogP) is 4.76. The number of carbonyl (C=O) groups excluding carboxylic acids is 1. The maximum Gasteiger partial charge on any atom is 0.240 e. The molecule has 0 heterocycles. The van der Waals surface area contributed by atoms with Crippen LogP contribution < -0.4 is 5.43 Å². The highest BCUT2D eigenvalue weighted by atomic mass is 16.3. The first-order valence-corrected chi connectivity index (χ1v) is 8.82. The molecule has 2 N–H and O–H groups in total. The number of aromatic hydroxyl groups is 1. The van der Waals surface area contributed by atoms with Gasteiger partial charge in [-0.1, -0.05) is 64.5 Å². The molecule has 0 bridgehead atoms. The lowest BCUT2D eigenvalue weighted by Gasteiger charge is -2.07. The third-order valence-electron chi connectivity index (χ3n) is 3.87. The molecule has 23 heavy (non-hydrogen) atoms. The molecule has 0 fully saturated rings. The van der Waals surface area contributed by atoms with Gasteiger partial charge in [0.15, 0.2) is 0 Å². The fourth-order valence-corrected chi connectivity index (χ4v) is 2.48. The van der Waals surface area contributed by atoms with E-state index >= 15 is 0 Å². The second-order valence-corrected chi connectivity index (χ2v) is 5.84.